The van der Waals surface area contributed by atoms with E-state index < -0.39 is 0 Å². The fourth-order valence-electron chi connectivity index (χ4n) is 2.78. The first kappa shape index (κ1) is 18.5. The van der Waals surface area contributed by atoms with Crippen LogP contribution in [0.2, 0.25) is 0 Å². The van der Waals surface area contributed by atoms with Crippen LogP contribution in [0.15, 0.2) is 65.5 Å². The Hall–Kier alpha value is -3.34. The summed E-state index contributed by atoms with van der Waals surface area (Å²) in [5.74, 6) is 0.400. The van der Waals surface area contributed by atoms with Crippen molar-refractivity contribution in [3.05, 3.63) is 83.3 Å². The van der Waals surface area contributed by atoms with Crippen LogP contribution in [0.5, 0.6) is 11.5 Å². The minimum absolute atomic E-state index is 0.334. The molecule has 0 saturated carbocycles. The van der Waals surface area contributed by atoms with Gasteiger partial charge in [0.2, 0.25) is 0 Å². The van der Waals surface area contributed by atoms with Crippen LogP contribution in [0.25, 0.3) is 0 Å². The van der Waals surface area contributed by atoms with Crippen molar-refractivity contribution in [2.24, 2.45) is 0 Å². The van der Waals surface area contributed by atoms with E-state index in [1.807, 2.05) is 24.3 Å². The molecule has 1 heterocycles. The second-order valence-electron chi connectivity index (χ2n) is 6.25. The van der Waals surface area contributed by atoms with Crippen LogP contribution in [0.1, 0.15) is 36.1 Å². The number of esters is 2. The van der Waals surface area contributed by atoms with Gasteiger partial charge in [0.15, 0.2) is 0 Å². The first-order valence-corrected chi connectivity index (χ1v) is 8.58. The zero-order valence-corrected chi connectivity index (χ0v) is 15.2. The number of carbonyl (C=O) groups excluding carboxylic acids is 2. The van der Waals surface area contributed by atoms with Crippen molar-refractivity contribution < 1.29 is 23.5 Å². The Morgan fingerprint density at radius 1 is 0.704 bits per heavy atom. The maximum atomic E-state index is 11.0. The van der Waals surface area contributed by atoms with Gasteiger partial charge in [-0.05, 0) is 46.5 Å². The summed E-state index contributed by atoms with van der Waals surface area (Å²) in [5, 5.41) is 0. The lowest BCUT2D eigenvalue weighted by molar-refractivity contribution is -0.132. The highest BCUT2D eigenvalue weighted by molar-refractivity contribution is 5.69. The molecule has 0 radical (unpaired) electrons. The molecule has 0 amide bonds. The van der Waals surface area contributed by atoms with E-state index in [4.69, 9.17) is 13.9 Å². The zero-order chi connectivity index (χ0) is 19.2. The second-order valence-corrected chi connectivity index (χ2v) is 6.25. The number of rotatable bonds is 6. The fourth-order valence-corrected chi connectivity index (χ4v) is 2.78. The number of hydrogen-bond acceptors (Lipinski definition) is 5. The fraction of sp³-hybridized carbons (Fsp3) is 0.182. The first-order chi connectivity index (χ1) is 13.0. The highest BCUT2D eigenvalue weighted by Gasteiger charge is 2.09. The predicted octanol–water partition coefficient (Wildman–Crippen LogP) is 4.31. The molecule has 0 spiro atoms. The molecule has 0 fully saturated rings. The molecule has 0 aliphatic rings. The van der Waals surface area contributed by atoms with Crippen LogP contribution in [-0.2, 0) is 22.4 Å². The molecule has 3 aromatic rings. The summed E-state index contributed by atoms with van der Waals surface area (Å²) in [7, 11) is 0. The second kappa shape index (κ2) is 8.36. The van der Waals surface area contributed by atoms with Crippen LogP contribution in [0, 0.1) is 0 Å². The molecular weight excluding hydrogens is 344 g/mol. The molecule has 0 aliphatic carbocycles. The summed E-state index contributed by atoms with van der Waals surface area (Å²) < 4.78 is 15.5. The lowest BCUT2D eigenvalue weighted by Gasteiger charge is -2.06. The van der Waals surface area contributed by atoms with Crippen molar-refractivity contribution in [2.45, 2.75) is 26.7 Å². The van der Waals surface area contributed by atoms with E-state index in [1.165, 1.54) is 13.8 Å². The van der Waals surface area contributed by atoms with E-state index in [1.54, 1.807) is 36.8 Å². The monoisotopic (exact) mass is 364 g/mol. The highest BCUT2D eigenvalue weighted by atomic mass is 16.5. The molecule has 0 aliphatic heterocycles. The largest absolute Gasteiger partial charge is 0.472 e. The third-order valence-corrected chi connectivity index (χ3v) is 3.99. The van der Waals surface area contributed by atoms with Gasteiger partial charge in [0.25, 0.3) is 0 Å². The number of carbonyl (C=O) groups is 2. The topological polar surface area (TPSA) is 65.7 Å². The van der Waals surface area contributed by atoms with E-state index in [0.717, 1.165) is 35.1 Å². The number of ether oxygens (including phenoxy) is 2. The van der Waals surface area contributed by atoms with Crippen molar-refractivity contribution in [3.63, 3.8) is 0 Å². The van der Waals surface area contributed by atoms with Gasteiger partial charge in [0, 0.05) is 26.7 Å². The molecule has 27 heavy (non-hydrogen) atoms. The van der Waals surface area contributed by atoms with Gasteiger partial charge < -0.3 is 13.9 Å². The van der Waals surface area contributed by atoms with Crippen molar-refractivity contribution in [2.75, 3.05) is 0 Å². The van der Waals surface area contributed by atoms with E-state index >= 15 is 0 Å². The molecule has 0 N–H and O–H groups in total. The van der Waals surface area contributed by atoms with Crippen molar-refractivity contribution in [1.29, 1.82) is 0 Å². The van der Waals surface area contributed by atoms with Gasteiger partial charge >= 0.3 is 11.9 Å². The Labute approximate surface area is 157 Å². The average Bonchev–Trinajstić information content (AvgIpc) is 3.04. The zero-order valence-electron chi connectivity index (χ0n) is 15.2. The number of benzene rings is 2. The van der Waals surface area contributed by atoms with Crippen molar-refractivity contribution in [3.8, 4) is 11.5 Å². The van der Waals surface area contributed by atoms with Gasteiger partial charge in [0.1, 0.15) is 11.5 Å². The van der Waals surface area contributed by atoms with Crippen LogP contribution < -0.4 is 9.47 Å². The van der Waals surface area contributed by atoms with Gasteiger partial charge in [-0.2, -0.15) is 0 Å². The van der Waals surface area contributed by atoms with E-state index in [2.05, 4.69) is 0 Å². The van der Waals surface area contributed by atoms with Crippen LogP contribution in [0.3, 0.4) is 0 Å². The Morgan fingerprint density at radius 2 is 1.07 bits per heavy atom. The van der Waals surface area contributed by atoms with E-state index in [0.29, 0.717) is 11.5 Å². The molecule has 1 aromatic heterocycles. The van der Waals surface area contributed by atoms with Gasteiger partial charge in [-0.15, -0.1) is 0 Å². The quantitative estimate of drug-likeness (QED) is 0.482. The molecule has 0 saturated heterocycles. The Morgan fingerprint density at radius 3 is 1.41 bits per heavy atom. The Balaban J connectivity index is 1.67. The summed E-state index contributed by atoms with van der Waals surface area (Å²) >= 11 is 0. The van der Waals surface area contributed by atoms with Crippen LogP contribution >= 0.6 is 0 Å². The normalized spacial score (nSPS) is 10.4. The van der Waals surface area contributed by atoms with Crippen molar-refractivity contribution >= 4 is 11.9 Å². The molecule has 138 valence electrons. The van der Waals surface area contributed by atoms with Gasteiger partial charge in [0.05, 0.1) is 12.5 Å². The summed E-state index contributed by atoms with van der Waals surface area (Å²) in [6, 6.07) is 14.9. The molecule has 3 rings (SSSR count). The summed E-state index contributed by atoms with van der Waals surface area (Å²) in [6.45, 7) is 2.76. The SMILES string of the molecule is CC(=O)Oc1ccc(Cc2cocc2Cc2ccc(OC(C)=O)cc2)cc1. The summed E-state index contributed by atoms with van der Waals surface area (Å²) in [4.78, 5) is 22.0. The number of hydrogen-bond donors (Lipinski definition) is 0. The maximum Gasteiger partial charge on any atom is 0.308 e. The molecule has 2 aromatic carbocycles. The number of furan rings is 1. The van der Waals surface area contributed by atoms with Crippen molar-refractivity contribution in [1.82, 2.24) is 0 Å². The molecule has 0 bridgehead atoms. The molecule has 0 atom stereocenters. The van der Waals surface area contributed by atoms with Gasteiger partial charge in [-0.1, -0.05) is 24.3 Å². The third kappa shape index (κ3) is 5.31. The predicted molar refractivity (Wildman–Crippen MR) is 99.8 cm³/mol. The average molecular weight is 364 g/mol. The molecule has 0 unspecified atom stereocenters. The minimum Gasteiger partial charge on any atom is -0.472 e. The lowest BCUT2D eigenvalue weighted by Crippen LogP contribution is -2.01. The molecule has 5 nitrogen and oxygen atoms in total. The summed E-state index contributed by atoms with van der Waals surface area (Å²) in [5.41, 5.74) is 4.39. The highest BCUT2D eigenvalue weighted by Crippen LogP contribution is 2.22. The minimum atomic E-state index is -0.334. The molecule has 5 heteroatoms. The van der Waals surface area contributed by atoms with Gasteiger partial charge in [-0.25, -0.2) is 0 Å². The maximum absolute atomic E-state index is 11.0. The standard InChI is InChI=1S/C22H20O5/c1-15(23)26-21-7-3-17(4-8-21)11-19-13-25-14-20(19)12-18-5-9-22(10-6-18)27-16(2)24/h3-10,13-14H,11-12H2,1-2H3. The summed E-state index contributed by atoms with van der Waals surface area (Å²) in [6.07, 6.45) is 4.94. The van der Waals surface area contributed by atoms with Crippen LogP contribution in [0.4, 0.5) is 0 Å². The van der Waals surface area contributed by atoms with Gasteiger partial charge in [-0.3, -0.25) is 9.59 Å². The smallest absolute Gasteiger partial charge is 0.308 e. The Kier molecular flexibility index (Phi) is 5.71. The Bertz CT molecular complexity index is 844. The third-order valence-electron chi connectivity index (χ3n) is 3.99. The van der Waals surface area contributed by atoms with E-state index in [-0.39, 0.29) is 11.9 Å². The van der Waals surface area contributed by atoms with Crippen LogP contribution in [-0.4, -0.2) is 11.9 Å². The first-order valence-electron chi connectivity index (χ1n) is 8.58. The molecular formula is C22H20O5. The van der Waals surface area contributed by atoms with E-state index in [9.17, 15) is 9.59 Å². The lowest BCUT2D eigenvalue weighted by atomic mass is 9.99.